The van der Waals surface area contributed by atoms with Gasteiger partial charge in [-0.25, -0.2) is 0 Å². The highest BCUT2D eigenvalue weighted by Crippen LogP contribution is 2.29. The van der Waals surface area contributed by atoms with Crippen LogP contribution < -0.4 is 10.2 Å². The summed E-state index contributed by atoms with van der Waals surface area (Å²) in [6.45, 7) is 2.65. The van der Waals surface area contributed by atoms with Crippen molar-refractivity contribution in [2.75, 3.05) is 11.4 Å². The first-order valence-electron chi connectivity index (χ1n) is 7.93. The molecule has 112 valence electrons. The third-order valence-electron chi connectivity index (χ3n) is 4.53. The van der Waals surface area contributed by atoms with Gasteiger partial charge in [0, 0.05) is 23.8 Å². The zero-order chi connectivity index (χ0) is 14.8. The third-order valence-corrected chi connectivity index (χ3v) is 4.53. The number of carbonyl (C=O) groups excluding carboxylic acids is 2. The summed E-state index contributed by atoms with van der Waals surface area (Å²) in [6, 6.07) is 5.92. The second-order valence-corrected chi connectivity index (χ2v) is 5.97. The van der Waals surface area contributed by atoms with E-state index in [2.05, 4.69) is 5.32 Å². The molecule has 2 aliphatic rings. The van der Waals surface area contributed by atoms with Crippen LogP contribution in [0.4, 0.5) is 5.69 Å². The largest absolute Gasteiger partial charge is 0.349 e. The van der Waals surface area contributed by atoms with Gasteiger partial charge in [0.25, 0.3) is 5.91 Å². The van der Waals surface area contributed by atoms with Crippen LogP contribution >= 0.6 is 0 Å². The van der Waals surface area contributed by atoms with Crippen molar-refractivity contribution in [3.8, 4) is 0 Å². The molecule has 3 rings (SSSR count). The molecule has 1 fully saturated rings. The molecule has 0 radical (unpaired) electrons. The van der Waals surface area contributed by atoms with E-state index in [0.29, 0.717) is 24.6 Å². The second-order valence-electron chi connectivity index (χ2n) is 5.97. The van der Waals surface area contributed by atoms with Gasteiger partial charge in [-0.05, 0) is 43.5 Å². The summed E-state index contributed by atoms with van der Waals surface area (Å²) in [5.74, 6) is 0.115. The second kappa shape index (κ2) is 5.88. The van der Waals surface area contributed by atoms with Crippen molar-refractivity contribution in [1.29, 1.82) is 0 Å². The summed E-state index contributed by atoms with van der Waals surface area (Å²) >= 11 is 0. The molecule has 1 N–H and O–H groups in total. The van der Waals surface area contributed by atoms with E-state index >= 15 is 0 Å². The van der Waals surface area contributed by atoms with Crippen molar-refractivity contribution in [3.05, 3.63) is 29.3 Å². The molecule has 0 unspecified atom stereocenters. The monoisotopic (exact) mass is 286 g/mol. The smallest absolute Gasteiger partial charge is 0.251 e. The molecule has 1 saturated carbocycles. The summed E-state index contributed by atoms with van der Waals surface area (Å²) in [4.78, 5) is 26.0. The minimum atomic E-state index is -0.00732. The number of benzene rings is 1. The Balaban J connectivity index is 1.73. The van der Waals surface area contributed by atoms with Gasteiger partial charge >= 0.3 is 0 Å². The van der Waals surface area contributed by atoms with Gasteiger partial charge < -0.3 is 10.2 Å². The summed E-state index contributed by atoms with van der Waals surface area (Å²) in [5.41, 5.74) is 2.60. The number of fused-ring (bicyclic) bond motifs is 1. The van der Waals surface area contributed by atoms with Crippen LogP contribution in [0.1, 0.15) is 54.9 Å². The van der Waals surface area contributed by atoms with Crippen molar-refractivity contribution in [2.45, 2.75) is 51.5 Å². The standard InChI is InChI=1S/C17H22N2O2/c1-2-19-15-9-8-12(10-13(15)11-16(19)20)17(21)18-14-6-4-3-5-7-14/h8-10,14H,2-7,11H2,1H3,(H,18,21). The van der Waals surface area contributed by atoms with Crippen LogP contribution in [0, 0.1) is 0 Å². The summed E-state index contributed by atoms with van der Waals surface area (Å²) in [6.07, 6.45) is 6.26. The number of likely N-dealkylation sites (N-methyl/N-ethyl adjacent to an activating group) is 1. The maximum absolute atomic E-state index is 12.3. The quantitative estimate of drug-likeness (QED) is 0.928. The summed E-state index contributed by atoms with van der Waals surface area (Å²) < 4.78 is 0. The molecule has 1 aromatic carbocycles. The lowest BCUT2D eigenvalue weighted by molar-refractivity contribution is -0.117. The number of rotatable bonds is 3. The normalized spacial score (nSPS) is 18.7. The SMILES string of the molecule is CCN1C(=O)Cc2cc(C(=O)NC3CCCCC3)ccc21. The van der Waals surface area contributed by atoms with Gasteiger partial charge in [-0.3, -0.25) is 9.59 Å². The van der Waals surface area contributed by atoms with Crippen LogP contribution in [0.25, 0.3) is 0 Å². The van der Waals surface area contributed by atoms with Crippen molar-refractivity contribution in [2.24, 2.45) is 0 Å². The van der Waals surface area contributed by atoms with Crippen LogP contribution in [0.2, 0.25) is 0 Å². The van der Waals surface area contributed by atoms with Crippen LogP contribution in [-0.4, -0.2) is 24.4 Å². The third kappa shape index (κ3) is 2.80. The predicted octanol–water partition coefficient (Wildman–Crippen LogP) is 2.66. The van der Waals surface area contributed by atoms with Gasteiger partial charge in [-0.15, -0.1) is 0 Å². The number of anilines is 1. The molecule has 4 heteroatoms. The number of nitrogens with one attached hydrogen (secondary N) is 1. The summed E-state index contributed by atoms with van der Waals surface area (Å²) in [7, 11) is 0. The van der Waals surface area contributed by atoms with Crippen LogP contribution in [-0.2, 0) is 11.2 Å². The molecule has 0 aromatic heterocycles. The van der Waals surface area contributed by atoms with E-state index < -0.39 is 0 Å². The van der Waals surface area contributed by atoms with E-state index in [1.165, 1.54) is 19.3 Å². The van der Waals surface area contributed by atoms with Crippen molar-refractivity contribution >= 4 is 17.5 Å². The maximum Gasteiger partial charge on any atom is 0.251 e. The molecule has 0 spiro atoms. The van der Waals surface area contributed by atoms with Gasteiger partial charge in [-0.2, -0.15) is 0 Å². The number of nitrogens with zero attached hydrogens (tertiary/aromatic N) is 1. The van der Waals surface area contributed by atoms with Gasteiger partial charge in [0.15, 0.2) is 0 Å². The molecule has 21 heavy (non-hydrogen) atoms. The van der Waals surface area contributed by atoms with Gasteiger partial charge in [0.05, 0.1) is 6.42 Å². The zero-order valence-electron chi connectivity index (χ0n) is 12.5. The van der Waals surface area contributed by atoms with E-state index in [-0.39, 0.29) is 11.8 Å². The van der Waals surface area contributed by atoms with Gasteiger partial charge in [0.2, 0.25) is 5.91 Å². The minimum absolute atomic E-state index is 0.00732. The molecule has 0 bridgehead atoms. The van der Waals surface area contributed by atoms with Gasteiger partial charge in [0.1, 0.15) is 0 Å². The lowest BCUT2D eigenvalue weighted by Crippen LogP contribution is -2.36. The molecule has 1 aliphatic heterocycles. The van der Waals surface area contributed by atoms with Crippen LogP contribution in [0.5, 0.6) is 0 Å². The Hall–Kier alpha value is -1.84. The van der Waals surface area contributed by atoms with Crippen molar-refractivity contribution in [1.82, 2.24) is 5.32 Å². The van der Waals surface area contributed by atoms with Crippen LogP contribution in [0.3, 0.4) is 0 Å². The molecular weight excluding hydrogens is 264 g/mol. The molecule has 0 atom stereocenters. The van der Waals surface area contributed by atoms with Crippen LogP contribution in [0.15, 0.2) is 18.2 Å². The molecule has 4 nitrogen and oxygen atoms in total. The van der Waals surface area contributed by atoms with Gasteiger partial charge in [-0.1, -0.05) is 19.3 Å². The zero-order valence-corrected chi connectivity index (χ0v) is 12.5. The lowest BCUT2D eigenvalue weighted by atomic mass is 9.95. The first-order chi connectivity index (χ1) is 10.2. The van der Waals surface area contributed by atoms with E-state index in [1.54, 1.807) is 4.90 Å². The Labute approximate surface area is 125 Å². The van der Waals surface area contributed by atoms with E-state index in [0.717, 1.165) is 24.1 Å². The van der Waals surface area contributed by atoms with Crippen molar-refractivity contribution in [3.63, 3.8) is 0 Å². The molecule has 2 amide bonds. The fourth-order valence-corrected chi connectivity index (χ4v) is 3.39. The first-order valence-corrected chi connectivity index (χ1v) is 7.93. The Bertz CT molecular complexity index is 562. The summed E-state index contributed by atoms with van der Waals surface area (Å²) in [5, 5.41) is 3.13. The van der Waals surface area contributed by atoms with E-state index in [9.17, 15) is 9.59 Å². The number of amides is 2. The molecule has 1 aliphatic carbocycles. The number of hydrogen-bond acceptors (Lipinski definition) is 2. The highest BCUT2D eigenvalue weighted by atomic mass is 16.2. The maximum atomic E-state index is 12.3. The average molecular weight is 286 g/mol. The Morgan fingerprint density at radius 2 is 2.05 bits per heavy atom. The molecule has 0 saturated heterocycles. The van der Waals surface area contributed by atoms with Crippen molar-refractivity contribution < 1.29 is 9.59 Å². The van der Waals surface area contributed by atoms with E-state index in [4.69, 9.17) is 0 Å². The molecular formula is C17H22N2O2. The average Bonchev–Trinajstić information content (AvgIpc) is 2.82. The Kier molecular flexibility index (Phi) is 3.95. The molecule has 1 aromatic rings. The predicted molar refractivity (Wildman–Crippen MR) is 82.5 cm³/mol. The minimum Gasteiger partial charge on any atom is -0.349 e. The number of hydrogen-bond donors (Lipinski definition) is 1. The fourth-order valence-electron chi connectivity index (χ4n) is 3.39. The first kappa shape index (κ1) is 14.1. The van der Waals surface area contributed by atoms with E-state index in [1.807, 2.05) is 25.1 Å². The lowest BCUT2D eigenvalue weighted by Gasteiger charge is -2.23. The Morgan fingerprint density at radius 1 is 1.29 bits per heavy atom. The topological polar surface area (TPSA) is 49.4 Å². The number of carbonyl (C=O) groups is 2. The fraction of sp³-hybridized carbons (Fsp3) is 0.529. The Morgan fingerprint density at radius 3 is 2.76 bits per heavy atom. The highest BCUT2D eigenvalue weighted by Gasteiger charge is 2.27. The molecule has 1 heterocycles. The highest BCUT2D eigenvalue weighted by molar-refractivity contribution is 6.03.